The van der Waals surface area contributed by atoms with Crippen molar-refractivity contribution in [2.24, 2.45) is 0 Å². The molecule has 0 unspecified atom stereocenters. The first-order chi connectivity index (χ1) is 16.5. The van der Waals surface area contributed by atoms with E-state index in [4.69, 9.17) is 4.42 Å². The SMILES string of the molecule is CN1CCC(N(C)c2nc3cc(NC(=O)c4ccc(-c5ccc(F)cc5)cc4)ccc3o2)CC1.Cl. The Hall–Kier alpha value is -3.42. The van der Waals surface area contributed by atoms with Crippen molar-refractivity contribution in [2.45, 2.75) is 18.9 Å². The quantitative estimate of drug-likeness (QED) is 0.378. The van der Waals surface area contributed by atoms with E-state index in [2.05, 4.69) is 27.1 Å². The van der Waals surface area contributed by atoms with E-state index >= 15 is 0 Å². The second-order valence-electron chi connectivity index (χ2n) is 8.86. The number of hydrogen-bond acceptors (Lipinski definition) is 5. The number of benzene rings is 3. The number of rotatable bonds is 5. The highest BCUT2D eigenvalue weighted by Crippen LogP contribution is 2.28. The summed E-state index contributed by atoms with van der Waals surface area (Å²) >= 11 is 0. The topological polar surface area (TPSA) is 61.6 Å². The second-order valence-corrected chi connectivity index (χ2v) is 8.86. The van der Waals surface area contributed by atoms with Crippen LogP contribution in [0.1, 0.15) is 23.2 Å². The van der Waals surface area contributed by atoms with Crippen LogP contribution in [0.4, 0.5) is 16.1 Å². The molecule has 1 aliphatic rings. The lowest BCUT2D eigenvalue weighted by molar-refractivity contribution is 0.102. The van der Waals surface area contributed by atoms with Crippen LogP contribution >= 0.6 is 12.4 Å². The zero-order valence-corrected chi connectivity index (χ0v) is 20.5. The molecule has 182 valence electrons. The Morgan fingerprint density at radius 1 is 1.03 bits per heavy atom. The summed E-state index contributed by atoms with van der Waals surface area (Å²) in [6.07, 6.45) is 2.15. The minimum Gasteiger partial charge on any atom is -0.423 e. The molecule has 0 radical (unpaired) electrons. The van der Waals surface area contributed by atoms with Crippen LogP contribution in [0.15, 0.2) is 71.1 Å². The van der Waals surface area contributed by atoms with Crippen molar-refractivity contribution in [3.63, 3.8) is 0 Å². The molecular weight excluding hydrogens is 467 g/mol. The zero-order valence-electron chi connectivity index (χ0n) is 19.7. The number of carbonyl (C=O) groups is 1. The van der Waals surface area contributed by atoms with Gasteiger partial charge in [-0.25, -0.2) is 4.39 Å². The maximum atomic E-state index is 13.1. The van der Waals surface area contributed by atoms with Gasteiger partial charge in [-0.1, -0.05) is 24.3 Å². The van der Waals surface area contributed by atoms with Crippen molar-refractivity contribution in [3.8, 4) is 11.1 Å². The molecule has 0 saturated carbocycles. The molecule has 0 bridgehead atoms. The number of amides is 1. The van der Waals surface area contributed by atoms with Crippen molar-refractivity contribution in [1.29, 1.82) is 0 Å². The van der Waals surface area contributed by atoms with Gasteiger partial charge < -0.3 is 19.5 Å². The fourth-order valence-electron chi connectivity index (χ4n) is 4.34. The Morgan fingerprint density at radius 2 is 1.66 bits per heavy atom. The second kappa shape index (κ2) is 10.5. The maximum Gasteiger partial charge on any atom is 0.298 e. The normalized spacial score (nSPS) is 14.5. The summed E-state index contributed by atoms with van der Waals surface area (Å²) < 4.78 is 19.1. The molecule has 1 aromatic heterocycles. The number of aromatic nitrogens is 1. The molecule has 0 aliphatic carbocycles. The average molecular weight is 495 g/mol. The van der Waals surface area contributed by atoms with Crippen molar-refractivity contribution < 1.29 is 13.6 Å². The van der Waals surface area contributed by atoms with Gasteiger partial charge in [0.2, 0.25) is 0 Å². The van der Waals surface area contributed by atoms with E-state index in [0.29, 0.717) is 34.4 Å². The smallest absolute Gasteiger partial charge is 0.298 e. The summed E-state index contributed by atoms with van der Waals surface area (Å²) in [6.45, 7) is 2.13. The molecular formula is C27H28ClFN4O2. The summed E-state index contributed by atoms with van der Waals surface area (Å²) in [6, 6.07) is 20.0. The van der Waals surface area contributed by atoms with Crippen LogP contribution in [-0.2, 0) is 0 Å². The van der Waals surface area contributed by atoms with Gasteiger partial charge in [0.05, 0.1) is 0 Å². The number of halogens is 2. The summed E-state index contributed by atoms with van der Waals surface area (Å²) in [7, 11) is 4.17. The van der Waals surface area contributed by atoms with Crippen LogP contribution in [0.2, 0.25) is 0 Å². The number of nitrogens with zero attached hydrogens (tertiary/aromatic N) is 3. The van der Waals surface area contributed by atoms with E-state index in [1.807, 2.05) is 37.4 Å². The predicted octanol–water partition coefficient (Wildman–Crippen LogP) is 5.84. The summed E-state index contributed by atoms with van der Waals surface area (Å²) in [5, 5.41) is 2.93. The molecule has 0 atom stereocenters. The number of fused-ring (bicyclic) bond motifs is 1. The minimum atomic E-state index is -0.274. The third-order valence-corrected chi connectivity index (χ3v) is 6.50. The van der Waals surface area contributed by atoms with Crippen LogP contribution < -0.4 is 10.2 Å². The van der Waals surface area contributed by atoms with Crippen LogP contribution in [0, 0.1) is 5.82 Å². The minimum absolute atomic E-state index is 0. The fraction of sp³-hybridized carbons (Fsp3) is 0.259. The van der Waals surface area contributed by atoms with Crippen molar-refractivity contribution in [3.05, 3.63) is 78.1 Å². The lowest BCUT2D eigenvalue weighted by Gasteiger charge is -2.34. The van der Waals surface area contributed by atoms with Gasteiger partial charge in [0.25, 0.3) is 11.9 Å². The Labute approximate surface area is 210 Å². The summed E-state index contributed by atoms with van der Waals surface area (Å²) in [5.74, 6) is -0.485. The number of anilines is 2. The molecule has 8 heteroatoms. The Kier molecular flexibility index (Phi) is 7.38. The van der Waals surface area contributed by atoms with Gasteiger partial charge in [-0.3, -0.25) is 4.79 Å². The number of oxazole rings is 1. The third kappa shape index (κ3) is 5.47. The molecule has 2 heterocycles. The molecule has 1 saturated heterocycles. The van der Waals surface area contributed by atoms with E-state index < -0.39 is 0 Å². The summed E-state index contributed by atoms with van der Waals surface area (Å²) in [4.78, 5) is 21.9. The number of likely N-dealkylation sites (tertiary alicyclic amines) is 1. The fourth-order valence-corrected chi connectivity index (χ4v) is 4.34. The highest BCUT2D eigenvalue weighted by atomic mass is 35.5. The van der Waals surface area contributed by atoms with E-state index in [0.717, 1.165) is 37.1 Å². The van der Waals surface area contributed by atoms with Crippen molar-refractivity contribution in [2.75, 3.05) is 37.4 Å². The molecule has 1 fully saturated rings. The number of carbonyl (C=O) groups excluding carboxylic acids is 1. The Bertz CT molecular complexity index is 1300. The van der Waals surface area contributed by atoms with Gasteiger partial charge in [-0.15, -0.1) is 12.4 Å². The van der Waals surface area contributed by atoms with Gasteiger partial charge in [-0.05, 0) is 86.6 Å². The van der Waals surface area contributed by atoms with Crippen LogP contribution in [0.5, 0.6) is 0 Å². The van der Waals surface area contributed by atoms with Gasteiger partial charge >= 0.3 is 0 Å². The Balaban J connectivity index is 0.00000289. The molecule has 1 aliphatic heterocycles. The predicted molar refractivity (Wildman–Crippen MR) is 140 cm³/mol. The molecule has 0 spiro atoms. The molecule has 4 aromatic rings. The van der Waals surface area contributed by atoms with E-state index in [9.17, 15) is 9.18 Å². The van der Waals surface area contributed by atoms with Crippen LogP contribution in [0.25, 0.3) is 22.2 Å². The molecule has 6 nitrogen and oxygen atoms in total. The monoisotopic (exact) mass is 494 g/mol. The first-order valence-corrected chi connectivity index (χ1v) is 11.5. The highest BCUT2D eigenvalue weighted by molar-refractivity contribution is 6.05. The zero-order chi connectivity index (χ0) is 23.7. The largest absolute Gasteiger partial charge is 0.423 e. The first-order valence-electron chi connectivity index (χ1n) is 11.5. The molecule has 1 N–H and O–H groups in total. The number of nitrogens with one attached hydrogen (secondary N) is 1. The van der Waals surface area contributed by atoms with Crippen molar-refractivity contribution >= 4 is 41.1 Å². The van der Waals surface area contributed by atoms with Gasteiger partial charge in [0.15, 0.2) is 5.58 Å². The van der Waals surface area contributed by atoms with Gasteiger partial charge in [0, 0.05) is 24.3 Å². The van der Waals surface area contributed by atoms with E-state index in [-0.39, 0.29) is 24.1 Å². The first kappa shape index (κ1) is 24.7. The van der Waals surface area contributed by atoms with Crippen LogP contribution in [-0.4, -0.2) is 49.0 Å². The number of hydrogen-bond donors (Lipinski definition) is 1. The molecule has 35 heavy (non-hydrogen) atoms. The molecule has 3 aromatic carbocycles. The Morgan fingerprint density at radius 3 is 2.31 bits per heavy atom. The standard InChI is InChI=1S/C27H27FN4O2.ClH/c1-31-15-13-23(14-16-31)32(2)27-30-24-17-22(11-12-25(24)34-27)29-26(33)20-5-3-18(4-6-20)19-7-9-21(28)10-8-19;/h3-12,17,23H,13-16H2,1-2H3,(H,29,33);1H. The van der Waals surface area contributed by atoms with E-state index in [1.165, 1.54) is 12.1 Å². The molecule has 5 rings (SSSR count). The van der Waals surface area contributed by atoms with Crippen LogP contribution in [0.3, 0.4) is 0 Å². The lowest BCUT2D eigenvalue weighted by atomic mass is 10.0. The van der Waals surface area contributed by atoms with E-state index in [1.54, 1.807) is 24.3 Å². The maximum absolute atomic E-state index is 13.1. The highest BCUT2D eigenvalue weighted by Gasteiger charge is 2.24. The molecule has 1 amide bonds. The number of piperidine rings is 1. The van der Waals surface area contributed by atoms with Gasteiger partial charge in [0.1, 0.15) is 11.3 Å². The average Bonchev–Trinajstić information content (AvgIpc) is 3.28. The third-order valence-electron chi connectivity index (χ3n) is 6.50. The van der Waals surface area contributed by atoms with Crippen molar-refractivity contribution in [1.82, 2.24) is 9.88 Å². The van der Waals surface area contributed by atoms with Gasteiger partial charge in [-0.2, -0.15) is 4.98 Å². The lowest BCUT2D eigenvalue weighted by Crippen LogP contribution is -2.42. The summed E-state index contributed by atoms with van der Waals surface area (Å²) in [5.41, 5.74) is 4.40.